The second kappa shape index (κ2) is 5.72. The largest absolute Gasteiger partial charge is 0.349 e. The molecular formula is C16H22FNO. The van der Waals surface area contributed by atoms with Gasteiger partial charge >= 0.3 is 0 Å². The van der Waals surface area contributed by atoms with Gasteiger partial charge in [0.05, 0.1) is 5.56 Å². The Hall–Kier alpha value is -1.38. The highest BCUT2D eigenvalue weighted by Gasteiger charge is 2.32. The highest BCUT2D eigenvalue weighted by Crippen LogP contribution is 2.34. The molecule has 0 aliphatic heterocycles. The number of hydrogen-bond acceptors (Lipinski definition) is 1. The molecule has 3 atom stereocenters. The van der Waals surface area contributed by atoms with E-state index in [0.29, 0.717) is 11.8 Å². The fourth-order valence-corrected chi connectivity index (χ4v) is 3.08. The summed E-state index contributed by atoms with van der Waals surface area (Å²) in [5.41, 5.74) is 0.979. The van der Waals surface area contributed by atoms with Crippen LogP contribution in [0.2, 0.25) is 0 Å². The van der Waals surface area contributed by atoms with E-state index in [2.05, 4.69) is 19.2 Å². The van der Waals surface area contributed by atoms with Crippen molar-refractivity contribution in [1.29, 1.82) is 0 Å². The van der Waals surface area contributed by atoms with Crippen LogP contribution in [0.5, 0.6) is 0 Å². The molecule has 3 heteroatoms. The fraction of sp³-hybridized carbons (Fsp3) is 0.562. The summed E-state index contributed by atoms with van der Waals surface area (Å²) >= 11 is 0. The number of rotatable bonds is 3. The lowest BCUT2D eigenvalue weighted by Crippen LogP contribution is -2.37. The molecule has 1 aliphatic carbocycles. The Kier molecular flexibility index (Phi) is 4.23. The molecule has 2 nitrogen and oxygen atoms in total. The molecule has 1 aliphatic rings. The summed E-state index contributed by atoms with van der Waals surface area (Å²) in [4.78, 5) is 12.1. The quantitative estimate of drug-likeness (QED) is 0.885. The molecule has 1 fully saturated rings. The first kappa shape index (κ1) is 14.0. The van der Waals surface area contributed by atoms with E-state index < -0.39 is 5.82 Å². The smallest absolute Gasteiger partial charge is 0.254 e. The Morgan fingerprint density at radius 1 is 1.42 bits per heavy atom. The molecule has 1 N–H and O–H groups in total. The van der Waals surface area contributed by atoms with Crippen LogP contribution < -0.4 is 5.32 Å². The van der Waals surface area contributed by atoms with E-state index >= 15 is 0 Å². The molecule has 3 unspecified atom stereocenters. The molecule has 1 saturated carbocycles. The van der Waals surface area contributed by atoms with Gasteiger partial charge in [-0.25, -0.2) is 4.39 Å². The molecule has 0 bridgehead atoms. The molecule has 0 spiro atoms. The zero-order valence-electron chi connectivity index (χ0n) is 11.9. The van der Waals surface area contributed by atoms with Gasteiger partial charge in [-0.05, 0) is 49.3 Å². The van der Waals surface area contributed by atoms with E-state index in [1.54, 1.807) is 12.1 Å². The molecular weight excluding hydrogens is 241 g/mol. The number of hydrogen-bond donors (Lipinski definition) is 1. The molecule has 0 radical (unpaired) electrons. The fourth-order valence-electron chi connectivity index (χ4n) is 3.08. The monoisotopic (exact) mass is 263 g/mol. The maximum Gasteiger partial charge on any atom is 0.254 e. The van der Waals surface area contributed by atoms with E-state index in [4.69, 9.17) is 0 Å². The van der Waals surface area contributed by atoms with Crippen molar-refractivity contribution in [3.8, 4) is 0 Å². The summed E-state index contributed by atoms with van der Waals surface area (Å²) in [7, 11) is 0. The third kappa shape index (κ3) is 2.96. The zero-order valence-corrected chi connectivity index (χ0v) is 11.9. The minimum atomic E-state index is -0.435. The Bertz CT molecular complexity index is 472. The van der Waals surface area contributed by atoms with Gasteiger partial charge in [-0.3, -0.25) is 4.79 Å². The highest BCUT2D eigenvalue weighted by atomic mass is 19.1. The van der Waals surface area contributed by atoms with Crippen LogP contribution in [-0.4, -0.2) is 11.9 Å². The van der Waals surface area contributed by atoms with Crippen molar-refractivity contribution >= 4 is 5.91 Å². The van der Waals surface area contributed by atoms with Gasteiger partial charge in [0.25, 0.3) is 5.91 Å². The van der Waals surface area contributed by atoms with Crippen molar-refractivity contribution in [2.75, 3.05) is 0 Å². The van der Waals surface area contributed by atoms with Crippen LogP contribution in [0.3, 0.4) is 0 Å². The normalized spacial score (nSPS) is 26.4. The summed E-state index contributed by atoms with van der Waals surface area (Å²) in [6, 6.07) is 4.92. The van der Waals surface area contributed by atoms with Gasteiger partial charge in [0.15, 0.2) is 0 Å². The van der Waals surface area contributed by atoms with Gasteiger partial charge in [0.2, 0.25) is 0 Å². The van der Waals surface area contributed by atoms with Gasteiger partial charge in [-0.15, -0.1) is 0 Å². The van der Waals surface area contributed by atoms with Crippen LogP contribution in [0.15, 0.2) is 18.2 Å². The number of carbonyl (C=O) groups is 1. The number of halogens is 1. The average molecular weight is 263 g/mol. The third-order valence-electron chi connectivity index (χ3n) is 4.44. The highest BCUT2D eigenvalue weighted by molar-refractivity contribution is 5.94. The minimum absolute atomic E-state index is 0.151. The molecule has 19 heavy (non-hydrogen) atoms. The molecule has 0 heterocycles. The van der Waals surface area contributed by atoms with Gasteiger partial charge in [0.1, 0.15) is 5.82 Å². The predicted octanol–water partition coefficient (Wildman–Crippen LogP) is 3.69. The van der Waals surface area contributed by atoms with Gasteiger partial charge in [-0.2, -0.15) is 0 Å². The average Bonchev–Trinajstić information content (AvgIpc) is 2.70. The predicted molar refractivity (Wildman–Crippen MR) is 74.6 cm³/mol. The van der Waals surface area contributed by atoms with Crippen molar-refractivity contribution in [2.45, 2.75) is 46.1 Å². The van der Waals surface area contributed by atoms with Crippen molar-refractivity contribution in [1.82, 2.24) is 5.32 Å². The Labute approximate surface area is 114 Å². The molecule has 1 aromatic carbocycles. The molecule has 104 valence electrons. The Balaban J connectivity index is 2.05. The van der Waals surface area contributed by atoms with Crippen LogP contribution in [0.25, 0.3) is 0 Å². The molecule has 0 aromatic heterocycles. The lowest BCUT2D eigenvalue weighted by Gasteiger charge is -2.21. The van der Waals surface area contributed by atoms with Gasteiger partial charge in [0, 0.05) is 6.04 Å². The summed E-state index contributed by atoms with van der Waals surface area (Å²) in [5, 5.41) is 2.99. The summed E-state index contributed by atoms with van der Waals surface area (Å²) < 4.78 is 13.8. The van der Waals surface area contributed by atoms with Crippen LogP contribution in [0.4, 0.5) is 4.39 Å². The first-order valence-corrected chi connectivity index (χ1v) is 7.10. The van der Waals surface area contributed by atoms with Gasteiger partial charge in [-0.1, -0.05) is 26.3 Å². The van der Waals surface area contributed by atoms with E-state index in [1.165, 1.54) is 6.07 Å². The van der Waals surface area contributed by atoms with Crippen molar-refractivity contribution in [2.24, 2.45) is 11.8 Å². The third-order valence-corrected chi connectivity index (χ3v) is 4.44. The van der Waals surface area contributed by atoms with Crippen molar-refractivity contribution in [3.05, 3.63) is 35.1 Å². The zero-order chi connectivity index (χ0) is 14.0. The van der Waals surface area contributed by atoms with Gasteiger partial charge < -0.3 is 5.32 Å². The SMILES string of the molecule is CCC1CCC(NC(=O)c2ccc(C)cc2F)C1C. The first-order valence-electron chi connectivity index (χ1n) is 7.10. The molecule has 2 rings (SSSR count). The van der Waals surface area contributed by atoms with E-state index in [-0.39, 0.29) is 17.5 Å². The minimum Gasteiger partial charge on any atom is -0.349 e. The number of amides is 1. The van der Waals surface area contributed by atoms with E-state index in [0.717, 1.165) is 24.8 Å². The van der Waals surface area contributed by atoms with Crippen LogP contribution in [0.1, 0.15) is 49.0 Å². The standard InChI is InChI=1S/C16H22FNO/c1-4-12-6-8-15(11(12)3)18-16(19)13-7-5-10(2)9-14(13)17/h5,7,9,11-12,15H,4,6,8H2,1-3H3,(H,18,19). The number of nitrogens with one attached hydrogen (secondary N) is 1. The lowest BCUT2D eigenvalue weighted by atomic mass is 9.93. The summed E-state index contributed by atoms with van der Waals surface area (Å²) in [6.45, 7) is 6.18. The van der Waals surface area contributed by atoms with Crippen LogP contribution in [-0.2, 0) is 0 Å². The second-order valence-electron chi connectivity index (χ2n) is 5.67. The second-order valence-corrected chi connectivity index (χ2v) is 5.67. The Morgan fingerprint density at radius 3 is 2.74 bits per heavy atom. The number of benzene rings is 1. The van der Waals surface area contributed by atoms with Crippen molar-refractivity contribution in [3.63, 3.8) is 0 Å². The molecule has 0 saturated heterocycles. The maximum atomic E-state index is 13.8. The lowest BCUT2D eigenvalue weighted by molar-refractivity contribution is 0.0922. The van der Waals surface area contributed by atoms with Crippen LogP contribution >= 0.6 is 0 Å². The van der Waals surface area contributed by atoms with E-state index in [9.17, 15) is 9.18 Å². The van der Waals surface area contributed by atoms with Crippen LogP contribution in [0, 0.1) is 24.6 Å². The molecule has 1 amide bonds. The van der Waals surface area contributed by atoms with E-state index in [1.807, 2.05) is 6.92 Å². The topological polar surface area (TPSA) is 29.1 Å². The molecule has 1 aromatic rings. The van der Waals surface area contributed by atoms with Crippen molar-refractivity contribution < 1.29 is 9.18 Å². The number of carbonyl (C=O) groups excluding carboxylic acids is 1. The maximum absolute atomic E-state index is 13.8. The first-order chi connectivity index (χ1) is 9.02. The summed E-state index contributed by atoms with van der Waals surface area (Å²) in [6.07, 6.45) is 3.30. The summed E-state index contributed by atoms with van der Waals surface area (Å²) in [5.74, 6) is 0.428. The Morgan fingerprint density at radius 2 is 2.16 bits per heavy atom. The number of aryl methyl sites for hydroxylation is 1.